The lowest BCUT2D eigenvalue weighted by Gasteiger charge is -2.43. The minimum Gasteiger partial charge on any atom is -0.252 e. The number of unbranched alkanes of at least 4 members (excludes halogenated alkanes) is 17. The number of hydrogen-bond donors (Lipinski definition) is 2. The number of allylic oxidation sites excluding steroid dienone is 2. The summed E-state index contributed by atoms with van der Waals surface area (Å²) in [6.45, 7) is 5.63. The zero-order chi connectivity index (χ0) is 28.9. The molecule has 4 nitrogen and oxygen atoms in total. The normalized spacial score (nSPS) is 21.5. The zero-order valence-corrected chi connectivity index (χ0v) is 27.0. The molecule has 0 aromatic rings. The highest BCUT2D eigenvalue weighted by Crippen LogP contribution is 2.46. The largest absolute Gasteiger partial charge is 0.252 e. The van der Waals surface area contributed by atoms with Gasteiger partial charge in [0, 0.05) is 0 Å². The first-order valence-corrected chi connectivity index (χ1v) is 18.0. The van der Waals surface area contributed by atoms with Crippen LogP contribution in [-0.4, -0.2) is 23.7 Å². The Balaban J connectivity index is 2.68. The Morgan fingerprint density at radius 2 is 0.975 bits per heavy atom. The van der Waals surface area contributed by atoms with Crippen LogP contribution >= 0.6 is 0 Å². The molecule has 0 heterocycles. The van der Waals surface area contributed by atoms with E-state index in [-0.39, 0.29) is 0 Å². The first-order chi connectivity index (χ1) is 19.8. The van der Waals surface area contributed by atoms with Crippen LogP contribution in [0.2, 0.25) is 0 Å². The summed E-state index contributed by atoms with van der Waals surface area (Å²) < 4.78 is 0. The zero-order valence-electron chi connectivity index (χ0n) is 27.0. The van der Waals surface area contributed by atoms with Crippen molar-refractivity contribution in [3.63, 3.8) is 0 Å². The molecule has 1 rings (SSSR count). The molecule has 1 aliphatic carbocycles. The van der Waals surface area contributed by atoms with E-state index in [1.54, 1.807) is 0 Å². The highest BCUT2D eigenvalue weighted by atomic mass is 17.1. The fourth-order valence-electron chi connectivity index (χ4n) is 7.23. The molecule has 40 heavy (non-hydrogen) atoms. The van der Waals surface area contributed by atoms with Crippen LogP contribution in [0.4, 0.5) is 0 Å². The van der Waals surface area contributed by atoms with Gasteiger partial charge in [-0.05, 0) is 75.0 Å². The lowest BCUT2D eigenvalue weighted by molar-refractivity contribution is -0.242. The van der Waals surface area contributed by atoms with Crippen molar-refractivity contribution in [2.75, 3.05) is 13.2 Å². The maximum Gasteiger partial charge on any atom is 0.0819 e. The lowest BCUT2D eigenvalue weighted by Crippen LogP contribution is -2.34. The van der Waals surface area contributed by atoms with Gasteiger partial charge in [-0.2, -0.15) is 0 Å². The number of rotatable bonds is 29. The predicted molar refractivity (Wildman–Crippen MR) is 172 cm³/mol. The maximum absolute atomic E-state index is 8.50. The van der Waals surface area contributed by atoms with E-state index in [2.05, 4.69) is 35.8 Å². The molecule has 0 saturated heterocycles. The molecule has 1 saturated carbocycles. The second kappa shape index (κ2) is 28.7. The third kappa shape index (κ3) is 19.7. The van der Waals surface area contributed by atoms with Gasteiger partial charge in [-0.25, -0.2) is 9.78 Å². The van der Waals surface area contributed by atoms with Crippen molar-refractivity contribution in [2.45, 2.75) is 181 Å². The molecule has 0 radical (unpaired) electrons. The van der Waals surface area contributed by atoms with Gasteiger partial charge in [0.25, 0.3) is 0 Å². The van der Waals surface area contributed by atoms with Crippen molar-refractivity contribution in [2.24, 2.45) is 23.7 Å². The van der Waals surface area contributed by atoms with E-state index in [0.717, 1.165) is 42.9 Å². The standard InChI is InChI=1S/C36H70O4/c1-3-5-7-19-25-33-29-30-34(26-20-15-12-14-18-24-32-40-38)36(35(33)27-21-8-6-4-2)28-22-16-11-9-10-13-17-23-31-39-37/h22,28,33-38H,3-21,23-27,29-32H2,1-2H3. The average Bonchev–Trinajstić information content (AvgIpc) is 2.97. The van der Waals surface area contributed by atoms with E-state index in [1.807, 2.05) is 0 Å². The van der Waals surface area contributed by atoms with Gasteiger partial charge in [-0.1, -0.05) is 142 Å². The first kappa shape index (κ1) is 37.6. The summed E-state index contributed by atoms with van der Waals surface area (Å²) in [4.78, 5) is 8.40. The van der Waals surface area contributed by atoms with Crippen LogP contribution in [0.1, 0.15) is 181 Å². The SMILES string of the molecule is CCCCCCC1CCC(CCCCCCCCOO)C(C=CCCCCCCCCOO)C1CCCCCC. The lowest BCUT2D eigenvalue weighted by atomic mass is 9.62. The van der Waals surface area contributed by atoms with Crippen molar-refractivity contribution in [3.05, 3.63) is 12.2 Å². The van der Waals surface area contributed by atoms with Gasteiger partial charge in [0.2, 0.25) is 0 Å². The van der Waals surface area contributed by atoms with E-state index in [0.29, 0.717) is 13.2 Å². The molecule has 4 heteroatoms. The highest BCUT2D eigenvalue weighted by Gasteiger charge is 2.36. The van der Waals surface area contributed by atoms with Crippen molar-refractivity contribution >= 4 is 0 Å². The van der Waals surface area contributed by atoms with Crippen molar-refractivity contribution in [1.29, 1.82) is 0 Å². The Kier molecular flexibility index (Phi) is 27.0. The Labute approximate surface area is 249 Å². The van der Waals surface area contributed by atoms with Gasteiger partial charge in [0.15, 0.2) is 0 Å². The molecule has 1 aliphatic rings. The monoisotopic (exact) mass is 567 g/mol. The van der Waals surface area contributed by atoms with Gasteiger partial charge in [-0.3, -0.25) is 10.5 Å². The predicted octanol–water partition coefficient (Wildman–Crippen LogP) is 12.2. The molecule has 0 spiro atoms. The van der Waals surface area contributed by atoms with Gasteiger partial charge in [0.05, 0.1) is 13.2 Å². The minimum absolute atomic E-state index is 0.477. The Bertz CT molecular complexity index is 537. The quantitative estimate of drug-likeness (QED) is 0.0409. The second-order valence-electron chi connectivity index (χ2n) is 13.0. The Morgan fingerprint density at radius 1 is 0.525 bits per heavy atom. The molecule has 0 aromatic carbocycles. The van der Waals surface area contributed by atoms with Gasteiger partial charge in [-0.15, -0.1) is 0 Å². The van der Waals surface area contributed by atoms with Crippen LogP contribution in [0, 0.1) is 23.7 Å². The molecule has 0 aromatic heterocycles. The van der Waals surface area contributed by atoms with Gasteiger partial charge >= 0.3 is 0 Å². The molecule has 2 N–H and O–H groups in total. The van der Waals surface area contributed by atoms with E-state index >= 15 is 0 Å². The maximum atomic E-state index is 8.50. The third-order valence-corrected chi connectivity index (χ3v) is 9.65. The molecule has 0 bridgehead atoms. The fourth-order valence-corrected chi connectivity index (χ4v) is 7.23. The van der Waals surface area contributed by atoms with Crippen LogP contribution in [0.3, 0.4) is 0 Å². The van der Waals surface area contributed by atoms with Crippen LogP contribution in [-0.2, 0) is 9.78 Å². The molecule has 1 fully saturated rings. The molecular weight excluding hydrogens is 496 g/mol. The van der Waals surface area contributed by atoms with Crippen LogP contribution in [0.15, 0.2) is 12.2 Å². The smallest absolute Gasteiger partial charge is 0.0819 e. The van der Waals surface area contributed by atoms with E-state index in [1.165, 1.54) is 148 Å². The van der Waals surface area contributed by atoms with E-state index in [4.69, 9.17) is 10.5 Å². The van der Waals surface area contributed by atoms with Crippen LogP contribution in [0.25, 0.3) is 0 Å². The minimum atomic E-state index is 0.477. The summed E-state index contributed by atoms with van der Waals surface area (Å²) in [7, 11) is 0. The van der Waals surface area contributed by atoms with Gasteiger partial charge < -0.3 is 0 Å². The summed E-state index contributed by atoms with van der Waals surface area (Å²) in [5.74, 6) is 3.53. The molecule has 4 atom stereocenters. The molecular formula is C36H70O4. The van der Waals surface area contributed by atoms with Gasteiger partial charge in [0.1, 0.15) is 0 Å². The fraction of sp³-hybridized carbons (Fsp3) is 0.944. The molecule has 0 amide bonds. The average molecular weight is 567 g/mol. The molecule has 4 unspecified atom stereocenters. The summed E-state index contributed by atoms with van der Waals surface area (Å²) in [6, 6.07) is 0. The summed E-state index contributed by atoms with van der Waals surface area (Å²) >= 11 is 0. The van der Waals surface area contributed by atoms with Crippen molar-refractivity contribution in [3.8, 4) is 0 Å². The molecule has 0 aliphatic heterocycles. The summed E-state index contributed by atoms with van der Waals surface area (Å²) in [5.41, 5.74) is 0. The van der Waals surface area contributed by atoms with E-state index < -0.39 is 0 Å². The van der Waals surface area contributed by atoms with Crippen LogP contribution < -0.4 is 0 Å². The first-order valence-electron chi connectivity index (χ1n) is 18.0. The van der Waals surface area contributed by atoms with E-state index in [9.17, 15) is 0 Å². The summed E-state index contributed by atoms with van der Waals surface area (Å²) in [5, 5.41) is 17.0. The highest BCUT2D eigenvalue weighted by molar-refractivity contribution is 4.99. The molecule has 238 valence electrons. The van der Waals surface area contributed by atoms with Crippen molar-refractivity contribution in [1.82, 2.24) is 0 Å². The topological polar surface area (TPSA) is 58.9 Å². The number of hydrogen-bond acceptors (Lipinski definition) is 4. The Hall–Kier alpha value is -0.420. The Morgan fingerprint density at radius 3 is 1.55 bits per heavy atom. The summed E-state index contributed by atoms with van der Waals surface area (Å²) in [6.07, 6.45) is 39.8. The van der Waals surface area contributed by atoms with Crippen LogP contribution in [0.5, 0.6) is 0 Å². The second-order valence-corrected chi connectivity index (χ2v) is 13.0. The third-order valence-electron chi connectivity index (χ3n) is 9.65. The van der Waals surface area contributed by atoms with Crippen molar-refractivity contribution < 1.29 is 20.3 Å².